The Hall–Kier alpha value is -7.28. The van der Waals surface area contributed by atoms with Crippen LogP contribution in [0.3, 0.4) is 0 Å². The fraction of sp³-hybridized carbons (Fsp3) is 0.273. The first-order valence-corrected chi connectivity index (χ1v) is 27.3. The predicted molar refractivity (Wildman–Crippen MR) is 315 cm³/mol. The Morgan fingerprint density at radius 2 is 0.747 bits per heavy atom. The summed E-state index contributed by atoms with van der Waals surface area (Å²) in [6.07, 6.45) is -5.54. The summed E-state index contributed by atoms with van der Waals surface area (Å²) in [6, 6.07) is 49.4. The smallest absolute Gasteiger partial charge is 0.550 e. The molecule has 0 aliphatic carbocycles. The molecule has 0 saturated carbocycles. The van der Waals surface area contributed by atoms with Crippen molar-refractivity contribution >= 4 is 72.9 Å². The minimum absolute atomic E-state index is 0. The van der Waals surface area contributed by atoms with E-state index in [-0.39, 0.29) is 100 Å². The van der Waals surface area contributed by atoms with E-state index in [1.54, 1.807) is 48.5 Å². The Morgan fingerprint density at radius 3 is 1.04 bits per heavy atom. The van der Waals surface area contributed by atoms with Gasteiger partial charge in [-0.05, 0) is 133 Å². The number of para-hydroxylation sites is 2. The third-order valence-corrected chi connectivity index (χ3v) is 13.8. The van der Waals surface area contributed by atoms with Crippen LogP contribution in [-0.4, -0.2) is 115 Å². The Bertz CT molecular complexity index is 3170. The number of carbonyl (C=O) groups is 4. The fourth-order valence-corrected chi connectivity index (χ4v) is 10.4. The van der Waals surface area contributed by atoms with Gasteiger partial charge in [-0.2, -0.15) is 0 Å². The van der Waals surface area contributed by atoms with Gasteiger partial charge in [-0.1, -0.05) is 125 Å². The van der Waals surface area contributed by atoms with Crippen molar-refractivity contribution in [2.45, 2.75) is 116 Å². The Morgan fingerprint density at radius 1 is 0.446 bits per heavy atom. The minimum Gasteiger partial charge on any atom is -0.550 e. The molecule has 6 aromatic carbocycles. The van der Waals surface area contributed by atoms with Gasteiger partial charge in [0.2, 0.25) is 0 Å². The van der Waals surface area contributed by atoms with E-state index < -0.39 is 60.8 Å². The maximum atomic E-state index is 14.0. The van der Waals surface area contributed by atoms with Gasteiger partial charge in [-0.25, -0.2) is 8.78 Å². The van der Waals surface area contributed by atoms with Crippen LogP contribution in [0.1, 0.15) is 110 Å². The van der Waals surface area contributed by atoms with E-state index in [2.05, 4.69) is 10.6 Å². The van der Waals surface area contributed by atoms with Gasteiger partial charge in [0.1, 0.15) is 11.6 Å². The Labute approximate surface area is 512 Å². The molecule has 2 unspecified atom stereocenters. The molecular weight excluding hydrogens is 1090 g/mol. The van der Waals surface area contributed by atoms with E-state index in [0.29, 0.717) is 56.1 Å². The van der Waals surface area contributed by atoms with E-state index in [9.17, 15) is 58.6 Å². The van der Waals surface area contributed by atoms with E-state index in [4.69, 9.17) is 0 Å². The van der Waals surface area contributed by atoms with Crippen LogP contribution in [0.4, 0.5) is 20.2 Å². The molecule has 0 radical (unpaired) electrons. The number of hydrogen-bond acceptors (Lipinski definition) is 10. The molecule has 0 saturated heterocycles. The number of aliphatic hydroxyl groups is 4. The number of carbonyl (C=O) groups excluding carboxylic acids is 4. The quantitative estimate of drug-likeness (QED) is 0.0314. The summed E-state index contributed by atoms with van der Waals surface area (Å²) in [5, 5.41) is 69.2. The van der Waals surface area contributed by atoms with Crippen LogP contribution < -0.4 is 20.8 Å². The summed E-state index contributed by atoms with van der Waals surface area (Å²) in [7, 11) is 0. The van der Waals surface area contributed by atoms with Crippen molar-refractivity contribution in [1.82, 2.24) is 9.13 Å². The molecule has 2 amide bonds. The standard InChI is InChI=1S/2C33H35FN2O5.Ca/c2*1-21(2)31-30(33(41)35-25-11-7-4-8-12-25)29(22-9-5-3-6-10-22)32(23-13-15-24(34)16-14-23)36(31)18-17-26(37)19-27(38)20-28(39)40;/h2*3-16,21,26-27,37-38H,17-20H2,1-2H3,(H,35,41)(H,39,40);/q;;+2/p-2/t26-,27-;;/m1../s1. The number of amides is 2. The monoisotopic (exact) mass is 1150 g/mol. The number of benzene rings is 6. The number of nitrogens with one attached hydrogen (secondary N) is 2. The maximum Gasteiger partial charge on any atom is 2.00 e. The van der Waals surface area contributed by atoms with E-state index in [0.717, 1.165) is 22.5 Å². The summed E-state index contributed by atoms with van der Waals surface area (Å²) >= 11 is 0. The van der Waals surface area contributed by atoms with Crippen molar-refractivity contribution in [2.24, 2.45) is 0 Å². The van der Waals surface area contributed by atoms with E-state index in [1.165, 1.54) is 24.3 Å². The van der Waals surface area contributed by atoms with Crippen LogP contribution >= 0.6 is 0 Å². The number of aliphatic hydroxyl groups excluding tert-OH is 4. The molecule has 0 aliphatic rings. The minimum atomic E-state index is -1.39. The first-order valence-electron chi connectivity index (χ1n) is 27.3. The van der Waals surface area contributed by atoms with Crippen molar-refractivity contribution < 1.29 is 58.6 Å². The molecule has 83 heavy (non-hydrogen) atoms. The normalized spacial score (nSPS) is 12.6. The first kappa shape index (κ1) is 64.9. The summed E-state index contributed by atoms with van der Waals surface area (Å²) in [4.78, 5) is 49.8. The largest absolute Gasteiger partial charge is 2.00 e. The summed E-state index contributed by atoms with van der Waals surface area (Å²) in [5.41, 5.74) is 9.43. The van der Waals surface area contributed by atoms with E-state index >= 15 is 0 Å². The van der Waals surface area contributed by atoms with Crippen LogP contribution in [0, 0.1) is 11.6 Å². The number of hydrogen-bond donors (Lipinski definition) is 6. The third-order valence-electron chi connectivity index (χ3n) is 13.8. The molecule has 0 spiro atoms. The second kappa shape index (κ2) is 30.9. The number of anilines is 2. The third kappa shape index (κ3) is 17.4. The molecule has 4 atom stereocenters. The van der Waals surface area contributed by atoms with Crippen LogP contribution in [0.5, 0.6) is 0 Å². The second-order valence-corrected chi connectivity index (χ2v) is 20.8. The van der Waals surface area contributed by atoms with Crippen LogP contribution in [0.2, 0.25) is 0 Å². The zero-order valence-electron chi connectivity index (χ0n) is 46.9. The van der Waals surface area contributed by atoms with Crippen LogP contribution in [0.15, 0.2) is 170 Å². The molecule has 8 rings (SSSR count). The van der Waals surface area contributed by atoms with Crippen LogP contribution in [-0.2, 0) is 22.7 Å². The van der Waals surface area contributed by atoms with Gasteiger partial charge in [0.25, 0.3) is 11.8 Å². The maximum absolute atomic E-state index is 14.0. The molecule has 0 bridgehead atoms. The number of aromatic nitrogens is 2. The Balaban J connectivity index is 0.000000263. The topological polar surface area (TPSA) is 229 Å². The van der Waals surface area contributed by atoms with Crippen molar-refractivity contribution in [2.75, 3.05) is 10.6 Å². The average Bonchev–Trinajstić information content (AvgIpc) is 3.14. The summed E-state index contributed by atoms with van der Waals surface area (Å²) in [5.74, 6) is -4.41. The molecule has 14 nitrogen and oxygen atoms in total. The number of rotatable bonds is 24. The summed E-state index contributed by atoms with van der Waals surface area (Å²) in [6.45, 7) is 8.45. The number of carboxylic acids is 2. The molecule has 428 valence electrons. The van der Waals surface area contributed by atoms with Crippen molar-refractivity contribution in [3.63, 3.8) is 0 Å². The Kier molecular flexibility index (Phi) is 24.1. The van der Waals surface area contributed by atoms with Gasteiger partial charge >= 0.3 is 37.7 Å². The second-order valence-electron chi connectivity index (χ2n) is 20.8. The first-order chi connectivity index (χ1) is 39.3. The van der Waals surface area contributed by atoms with Crippen molar-refractivity contribution in [1.29, 1.82) is 0 Å². The van der Waals surface area contributed by atoms with E-state index in [1.807, 2.05) is 134 Å². The molecule has 0 fully saturated rings. The number of halogens is 2. The van der Waals surface area contributed by atoms with Crippen molar-refractivity contribution in [3.05, 3.63) is 204 Å². The molecule has 2 aromatic heterocycles. The van der Waals surface area contributed by atoms with Gasteiger partial charge in [0, 0.05) is 71.8 Å². The number of carboxylic acid groups (broad SMARTS) is 2. The molecule has 6 N–H and O–H groups in total. The summed E-state index contributed by atoms with van der Waals surface area (Å²) < 4.78 is 32.0. The number of nitrogens with zero attached hydrogens (tertiary/aromatic N) is 2. The molecule has 17 heteroatoms. The van der Waals surface area contributed by atoms with Gasteiger partial charge in [0.15, 0.2) is 0 Å². The fourth-order valence-electron chi connectivity index (χ4n) is 10.4. The SMILES string of the molecule is CC(C)c1c(C(=O)Nc2ccccc2)c(-c2ccccc2)c(-c2ccc(F)cc2)n1CCC(O)CC(O)CC(=O)[O-].CC(C)c1c(C(=O)Nc2ccccc2)c(-c2ccccc2)c(-c2ccc(F)cc2)n1CC[C@@H](O)C[C@@H](O)CC(=O)[O-].[Ca+2]. The molecule has 0 aliphatic heterocycles. The van der Waals surface area contributed by atoms with Gasteiger partial charge in [-0.3, -0.25) is 9.59 Å². The number of aliphatic carboxylic acids is 2. The van der Waals surface area contributed by atoms with Gasteiger partial charge in [-0.15, -0.1) is 0 Å². The molecule has 2 heterocycles. The predicted octanol–water partition coefficient (Wildman–Crippen LogP) is 9.58. The zero-order valence-corrected chi connectivity index (χ0v) is 49.1. The van der Waals surface area contributed by atoms with Gasteiger partial charge in [0.05, 0.1) is 46.9 Å². The average molecular weight is 1160 g/mol. The zero-order chi connectivity index (χ0) is 59.0. The van der Waals surface area contributed by atoms with Crippen LogP contribution in [0.25, 0.3) is 44.8 Å². The van der Waals surface area contributed by atoms with Gasteiger partial charge < -0.3 is 60.0 Å². The molecular formula is C66H68CaF2N4O10. The molecule has 8 aromatic rings. The van der Waals surface area contributed by atoms with Crippen molar-refractivity contribution in [3.8, 4) is 44.8 Å².